The second kappa shape index (κ2) is 6.05. The number of fused-ring (bicyclic) bond motifs is 1. The summed E-state index contributed by atoms with van der Waals surface area (Å²) < 4.78 is 0. The molecule has 2 amide bonds. The molecule has 3 aliphatic heterocycles. The molecule has 0 aromatic carbocycles. The number of amides is 2. The van der Waals surface area contributed by atoms with E-state index in [1.54, 1.807) is 0 Å². The van der Waals surface area contributed by atoms with E-state index in [2.05, 4.69) is 10.2 Å². The van der Waals surface area contributed by atoms with E-state index in [1.165, 1.54) is 30.7 Å². The summed E-state index contributed by atoms with van der Waals surface area (Å²) >= 11 is 0. The van der Waals surface area contributed by atoms with Crippen molar-refractivity contribution in [2.45, 2.75) is 76.5 Å². The average molecular weight is 293 g/mol. The van der Waals surface area contributed by atoms with E-state index in [1.807, 2.05) is 13.8 Å². The number of hydrogen-bond donors (Lipinski definition) is 1. The van der Waals surface area contributed by atoms with E-state index in [9.17, 15) is 9.59 Å². The molecule has 118 valence electrons. The first kappa shape index (κ1) is 15.0. The lowest BCUT2D eigenvalue weighted by molar-refractivity contribution is -0.141. The van der Waals surface area contributed by atoms with Crippen LogP contribution in [0.4, 0.5) is 0 Å². The number of rotatable bonds is 4. The third kappa shape index (κ3) is 2.73. The predicted octanol–water partition coefficient (Wildman–Crippen LogP) is 1.13. The molecule has 0 spiro atoms. The number of likely N-dealkylation sites (tertiary alicyclic amines) is 1. The molecule has 4 unspecified atom stereocenters. The molecule has 3 aliphatic rings. The Labute approximate surface area is 127 Å². The quantitative estimate of drug-likeness (QED) is 0.790. The maximum Gasteiger partial charge on any atom is 0.247 e. The summed E-state index contributed by atoms with van der Waals surface area (Å²) in [5.74, 6) is -0.0195. The van der Waals surface area contributed by atoms with Crippen LogP contribution in [-0.2, 0) is 9.59 Å². The van der Waals surface area contributed by atoms with Gasteiger partial charge < -0.3 is 5.32 Å². The SMILES string of the molecule is CCC(C)N1C(=O)CC(NC2CCN3CCCCC23)C1=O. The molecule has 0 bridgehead atoms. The number of hydrogen-bond acceptors (Lipinski definition) is 4. The van der Waals surface area contributed by atoms with E-state index in [-0.39, 0.29) is 23.9 Å². The standard InChI is InChI=1S/C16H27N3O2/c1-3-11(2)19-15(20)10-13(16(19)21)17-12-7-9-18-8-5-4-6-14(12)18/h11-14,17H,3-10H2,1-2H3. The van der Waals surface area contributed by atoms with Gasteiger partial charge in [0.25, 0.3) is 0 Å². The first-order chi connectivity index (χ1) is 10.1. The lowest BCUT2D eigenvalue weighted by atomic mass is 9.98. The van der Waals surface area contributed by atoms with Crippen LogP contribution in [0.5, 0.6) is 0 Å². The summed E-state index contributed by atoms with van der Waals surface area (Å²) in [5, 5.41) is 3.51. The third-order valence-electron chi connectivity index (χ3n) is 5.49. The monoisotopic (exact) mass is 293 g/mol. The zero-order valence-corrected chi connectivity index (χ0v) is 13.2. The Bertz CT molecular complexity index is 426. The van der Waals surface area contributed by atoms with E-state index < -0.39 is 0 Å². The fraction of sp³-hybridized carbons (Fsp3) is 0.875. The number of carbonyl (C=O) groups excluding carboxylic acids is 2. The minimum absolute atomic E-state index is 0.00894. The second-order valence-corrected chi connectivity index (χ2v) is 6.78. The molecule has 3 rings (SSSR count). The van der Waals surface area contributed by atoms with Gasteiger partial charge in [-0.2, -0.15) is 0 Å². The third-order valence-corrected chi connectivity index (χ3v) is 5.49. The van der Waals surface area contributed by atoms with Gasteiger partial charge in [0.1, 0.15) is 0 Å². The Balaban J connectivity index is 1.63. The van der Waals surface area contributed by atoms with Gasteiger partial charge in [-0.3, -0.25) is 19.4 Å². The average Bonchev–Trinajstić information content (AvgIpc) is 3.01. The van der Waals surface area contributed by atoms with E-state index >= 15 is 0 Å². The summed E-state index contributed by atoms with van der Waals surface area (Å²) in [6, 6.07) is 0.674. The number of carbonyl (C=O) groups is 2. The molecule has 0 saturated carbocycles. The van der Waals surface area contributed by atoms with Crippen LogP contribution in [0.15, 0.2) is 0 Å². The summed E-state index contributed by atoms with van der Waals surface area (Å²) in [5.41, 5.74) is 0. The lowest BCUT2D eigenvalue weighted by Crippen LogP contribution is -2.51. The smallest absolute Gasteiger partial charge is 0.247 e. The highest BCUT2D eigenvalue weighted by atomic mass is 16.2. The fourth-order valence-corrected chi connectivity index (χ4v) is 4.13. The summed E-state index contributed by atoms with van der Waals surface area (Å²) in [4.78, 5) is 28.6. The molecule has 0 radical (unpaired) electrons. The number of nitrogens with zero attached hydrogens (tertiary/aromatic N) is 2. The van der Waals surface area contributed by atoms with E-state index in [0.29, 0.717) is 18.5 Å². The molecule has 0 aliphatic carbocycles. The van der Waals surface area contributed by atoms with Crippen LogP contribution in [0.3, 0.4) is 0 Å². The van der Waals surface area contributed by atoms with Crippen LogP contribution in [-0.4, -0.2) is 58.9 Å². The molecule has 4 atom stereocenters. The van der Waals surface area contributed by atoms with Crippen molar-refractivity contribution < 1.29 is 9.59 Å². The van der Waals surface area contributed by atoms with Crippen LogP contribution in [0.2, 0.25) is 0 Å². The van der Waals surface area contributed by atoms with Crippen LogP contribution < -0.4 is 5.32 Å². The Morgan fingerprint density at radius 1 is 1.24 bits per heavy atom. The van der Waals surface area contributed by atoms with Crippen LogP contribution >= 0.6 is 0 Å². The molecule has 0 aromatic heterocycles. The topological polar surface area (TPSA) is 52.7 Å². The molecule has 3 saturated heterocycles. The number of piperidine rings is 1. The molecular formula is C16H27N3O2. The summed E-state index contributed by atoms with van der Waals surface area (Å²) in [7, 11) is 0. The second-order valence-electron chi connectivity index (χ2n) is 6.78. The van der Waals surface area contributed by atoms with Crippen molar-refractivity contribution in [2.24, 2.45) is 0 Å². The van der Waals surface area contributed by atoms with Crippen molar-refractivity contribution in [3.05, 3.63) is 0 Å². The zero-order valence-electron chi connectivity index (χ0n) is 13.2. The normalized spacial score (nSPS) is 35.3. The molecule has 0 aromatic rings. The Hall–Kier alpha value is -0.940. The van der Waals surface area contributed by atoms with Gasteiger partial charge in [0.2, 0.25) is 11.8 Å². The maximum atomic E-state index is 12.5. The van der Waals surface area contributed by atoms with Gasteiger partial charge in [-0.05, 0) is 39.2 Å². The van der Waals surface area contributed by atoms with Crippen molar-refractivity contribution >= 4 is 11.8 Å². The zero-order chi connectivity index (χ0) is 15.0. The van der Waals surface area contributed by atoms with Crippen LogP contribution in [0, 0.1) is 0 Å². The highest BCUT2D eigenvalue weighted by Gasteiger charge is 2.44. The maximum absolute atomic E-state index is 12.5. The van der Waals surface area contributed by atoms with Gasteiger partial charge in [-0.25, -0.2) is 0 Å². The van der Waals surface area contributed by atoms with Crippen molar-refractivity contribution in [1.29, 1.82) is 0 Å². The highest BCUT2D eigenvalue weighted by Crippen LogP contribution is 2.28. The number of imide groups is 1. The molecule has 1 N–H and O–H groups in total. The van der Waals surface area contributed by atoms with Gasteiger partial charge in [0, 0.05) is 24.7 Å². The molecule has 5 heteroatoms. The van der Waals surface area contributed by atoms with E-state index in [0.717, 1.165) is 19.4 Å². The van der Waals surface area contributed by atoms with Crippen molar-refractivity contribution in [3.8, 4) is 0 Å². The highest BCUT2D eigenvalue weighted by molar-refractivity contribution is 6.05. The van der Waals surface area contributed by atoms with Gasteiger partial charge in [-0.15, -0.1) is 0 Å². The fourth-order valence-electron chi connectivity index (χ4n) is 4.13. The number of nitrogens with one attached hydrogen (secondary N) is 1. The largest absolute Gasteiger partial charge is 0.301 e. The van der Waals surface area contributed by atoms with Gasteiger partial charge in [-0.1, -0.05) is 13.3 Å². The first-order valence-corrected chi connectivity index (χ1v) is 8.47. The van der Waals surface area contributed by atoms with Crippen LogP contribution in [0.1, 0.15) is 52.4 Å². The molecule has 21 heavy (non-hydrogen) atoms. The van der Waals surface area contributed by atoms with Crippen molar-refractivity contribution in [3.63, 3.8) is 0 Å². The van der Waals surface area contributed by atoms with Gasteiger partial charge in [0.05, 0.1) is 12.5 Å². The molecule has 3 fully saturated rings. The lowest BCUT2D eigenvalue weighted by Gasteiger charge is -2.33. The Kier molecular flexibility index (Phi) is 4.31. The van der Waals surface area contributed by atoms with Gasteiger partial charge >= 0.3 is 0 Å². The van der Waals surface area contributed by atoms with Gasteiger partial charge in [0.15, 0.2) is 0 Å². The Morgan fingerprint density at radius 3 is 2.81 bits per heavy atom. The molecule has 3 heterocycles. The van der Waals surface area contributed by atoms with Crippen molar-refractivity contribution in [1.82, 2.24) is 15.1 Å². The van der Waals surface area contributed by atoms with E-state index in [4.69, 9.17) is 0 Å². The Morgan fingerprint density at radius 2 is 2.05 bits per heavy atom. The first-order valence-electron chi connectivity index (χ1n) is 8.47. The summed E-state index contributed by atoms with van der Waals surface area (Å²) in [6.07, 6.45) is 6.08. The molecular weight excluding hydrogens is 266 g/mol. The minimum Gasteiger partial charge on any atom is -0.301 e. The minimum atomic E-state index is -0.293. The van der Waals surface area contributed by atoms with Crippen LogP contribution in [0.25, 0.3) is 0 Å². The molecule has 5 nitrogen and oxygen atoms in total. The predicted molar refractivity (Wildman–Crippen MR) is 80.8 cm³/mol. The summed E-state index contributed by atoms with van der Waals surface area (Å²) in [6.45, 7) is 6.30. The van der Waals surface area contributed by atoms with Crippen molar-refractivity contribution in [2.75, 3.05) is 13.1 Å².